The van der Waals surface area contributed by atoms with Crippen LogP contribution in [0.4, 0.5) is 33.7 Å². The van der Waals surface area contributed by atoms with Crippen molar-refractivity contribution in [2.24, 2.45) is 0 Å². The molecule has 13 heteroatoms. The van der Waals surface area contributed by atoms with E-state index in [-0.39, 0.29) is 31.6 Å². The number of benzene rings is 2. The summed E-state index contributed by atoms with van der Waals surface area (Å²) in [6.07, 6.45) is -1.61. The van der Waals surface area contributed by atoms with Crippen molar-refractivity contribution >= 4 is 28.3 Å². The van der Waals surface area contributed by atoms with Crippen molar-refractivity contribution in [3.8, 4) is 0 Å². The Kier molecular flexibility index (Phi) is 8.97. The Morgan fingerprint density at radius 1 is 1.04 bits per heavy atom. The van der Waals surface area contributed by atoms with Crippen molar-refractivity contribution in [1.82, 2.24) is 14.8 Å². The zero-order valence-electron chi connectivity index (χ0n) is 25.0. The highest BCUT2D eigenvalue weighted by molar-refractivity contribution is 5.89. The number of nitrogens with one attached hydrogen (secondary N) is 2. The number of carbonyl (C=O) groups excluding carboxylic acids is 1. The van der Waals surface area contributed by atoms with Crippen molar-refractivity contribution in [1.29, 1.82) is 0 Å². The van der Waals surface area contributed by atoms with Gasteiger partial charge >= 0.3 is 12.2 Å². The predicted molar refractivity (Wildman–Crippen MR) is 162 cm³/mol. The Bertz CT molecular complexity index is 1490. The third-order valence-corrected chi connectivity index (χ3v) is 9.55. The Balaban J connectivity index is 0.999. The lowest BCUT2D eigenvalue weighted by atomic mass is 9.84. The van der Waals surface area contributed by atoms with Crippen LogP contribution in [0.1, 0.15) is 42.7 Å². The molecular weight excluding hydrogens is 594 g/mol. The number of hydrogen-bond donors (Lipinski definition) is 4. The van der Waals surface area contributed by atoms with E-state index in [0.717, 1.165) is 63.8 Å². The van der Waals surface area contributed by atoms with Gasteiger partial charge < -0.3 is 40.0 Å². The van der Waals surface area contributed by atoms with Crippen molar-refractivity contribution in [2.45, 2.75) is 49.5 Å². The molecule has 1 atom stereocenters. The minimum atomic E-state index is -4.75. The minimum Gasteiger partial charge on any atom is -0.389 e. The number of ether oxygens (including phenoxy) is 1. The average molecular weight is 634 g/mol. The number of aliphatic hydroxyl groups is 2. The summed E-state index contributed by atoms with van der Waals surface area (Å²) in [5.41, 5.74) is 0.720. The number of β-amino-alcohol motifs (C(OH)–C–C–N with tert-alkyl or cyclic N) is 1. The normalized spacial score (nSPS) is 20.8. The van der Waals surface area contributed by atoms with E-state index >= 15 is 0 Å². The summed E-state index contributed by atoms with van der Waals surface area (Å²) in [5.74, 6) is -0.734. The number of hydrogen-bond acceptors (Lipinski definition) is 6. The molecule has 3 fully saturated rings. The zero-order chi connectivity index (χ0) is 31.8. The van der Waals surface area contributed by atoms with Crippen molar-refractivity contribution < 1.29 is 37.3 Å². The number of urea groups is 1. The number of fused-ring (bicyclic) bond motifs is 1. The van der Waals surface area contributed by atoms with Crippen LogP contribution in [0.25, 0.3) is 10.9 Å². The second-order valence-electron chi connectivity index (χ2n) is 12.4. The molecule has 2 amide bonds. The van der Waals surface area contributed by atoms with Crippen LogP contribution in [0, 0.1) is 5.82 Å². The summed E-state index contributed by atoms with van der Waals surface area (Å²) in [4.78, 5) is 22.0. The number of halogens is 4. The molecular formula is C32H39F4N5O4. The molecule has 0 spiro atoms. The number of aliphatic hydroxyl groups excluding tert-OH is 1. The number of likely N-dealkylation sites (tertiary alicyclic amines) is 2. The topological polar surface area (TPSA) is 104 Å². The number of nitrogens with zero attached hydrogens (tertiary/aromatic N) is 3. The van der Waals surface area contributed by atoms with Gasteiger partial charge in [0, 0.05) is 61.2 Å². The van der Waals surface area contributed by atoms with Crippen LogP contribution in [-0.4, -0.2) is 102 Å². The van der Waals surface area contributed by atoms with E-state index in [4.69, 9.17) is 4.74 Å². The Hall–Kier alpha value is -3.39. The maximum Gasteiger partial charge on any atom is 0.416 e. The number of anilines is 2. The Morgan fingerprint density at radius 3 is 2.44 bits per heavy atom. The van der Waals surface area contributed by atoms with E-state index in [1.165, 1.54) is 21.5 Å². The molecule has 244 valence electrons. The average Bonchev–Trinajstić information content (AvgIpc) is 3.45. The molecule has 0 radical (unpaired) electrons. The molecule has 3 aromatic rings. The van der Waals surface area contributed by atoms with Crippen LogP contribution in [0.15, 0.2) is 42.6 Å². The molecule has 4 heterocycles. The molecule has 3 aliphatic heterocycles. The highest BCUT2D eigenvalue weighted by atomic mass is 19.4. The van der Waals surface area contributed by atoms with Crippen molar-refractivity contribution in [3.05, 3.63) is 59.5 Å². The van der Waals surface area contributed by atoms with Gasteiger partial charge in [-0.05, 0) is 86.7 Å². The van der Waals surface area contributed by atoms with E-state index < -0.39 is 35.3 Å². The van der Waals surface area contributed by atoms with Crippen LogP contribution in [-0.2, 0) is 10.9 Å². The van der Waals surface area contributed by atoms with Crippen LogP contribution < -0.4 is 10.2 Å². The van der Waals surface area contributed by atoms with E-state index in [9.17, 15) is 32.6 Å². The standard InChI is InChI=1S/C32H39F4N5O4/c33-23-15-22(32(34,35)36)16-24(17-23)38-30(43)41-9-5-31(44,6-10-41)29(42)20-39-7-3-21(4-8-39)27-19-37-28-2-1-25(18-26(27)28)40-11-13-45-14-12-40/h1-2,15-19,21,29,37,42,44H,3-14,20H2,(H,38,43). The maximum absolute atomic E-state index is 13.7. The molecule has 1 unspecified atom stereocenters. The lowest BCUT2D eigenvalue weighted by Crippen LogP contribution is -2.56. The molecule has 3 aliphatic rings. The first-order chi connectivity index (χ1) is 21.5. The van der Waals surface area contributed by atoms with Gasteiger partial charge in [-0.25, -0.2) is 9.18 Å². The fourth-order valence-corrected chi connectivity index (χ4v) is 6.79. The molecule has 3 saturated heterocycles. The number of aromatic amines is 1. The second-order valence-corrected chi connectivity index (χ2v) is 12.4. The summed E-state index contributed by atoms with van der Waals surface area (Å²) < 4.78 is 58.3. The fraction of sp³-hybridized carbons (Fsp3) is 0.531. The summed E-state index contributed by atoms with van der Waals surface area (Å²) in [7, 11) is 0. The van der Waals surface area contributed by atoms with Gasteiger partial charge in [-0.3, -0.25) is 0 Å². The first kappa shape index (κ1) is 31.6. The van der Waals surface area contributed by atoms with E-state index in [1.54, 1.807) is 0 Å². The first-order valence-electron chi connectivity index (χ1n) is 15.5. The number of amides is 2. The van der Waals surface area contributed by atoms with Crippen LogP contribution in [0.2, 0.25) is 0 Å². The maximum atomic E-state index is 13.7. The number of alkyl halides is 3. The molecule has 0 bridgehead atoms. The highest BCUT2D eigenvalue weighted by Gasteiger charge is 2.41. The summed E-state index contributed by atoms with van der Waals surface area (Å²) in [6, 6.07) is 7.72. The monoisotopic (exact) mass is 633 g/mol. The summed E-state index contributed by atoms with van der Waals surface area (Å²) in [5, 5.41) is 25.9. The number of carbonyl (C=O) groups is 1. The summed E-state index contributed by atoms with van der Waals surface area (Å²) >= 11 is 0. The molecule has 2 aromatic carbocycles. The van der Waals surface area contributed by atoms with Crippen molar-refractivity contribution in [3.63, 3.8) is 0 Å². The summed E-state index contributed by atoms with van der Waals surface area (Å²) in [6.45, 7) is 5.26. The van der Waals surface area contributed by atoms with Gasteiger partial charge in [0.2, 0.25) is 0 Å². The smallest absolute Gasteiger partial charge is 0.389 e. The molecule has 45 heavy (non-hydrogen) atoms. The first-order valence-corrected chi connectivity index (χ1v) is 15.5. The lowest BCUT2D eigenvalue weighted by molar-refractivity contribution is -0.137. The predicted octanol–water partition coefficient (Wildman–Crippen LogP) is 4.76. The van der Waals surface area contributed by atoms with Crippen LogP contribution in [0.5, 0.6) is 0 Å². The molecule has 0 aliphatic carbocycles. The zero-order valence-corrected chi connectivity index (χ0v) is 25.0. The van der Waals surface area contributed by atoms with E-state index in [0.29, 0.717) is 24.6 Å². The SMILES string of the molecule is O=C(Nc1cc(F)cc(C(F)(F)F)c1)N1CCC(O)(C(O)CN2CCC(c3c[nH]c4ccc(N5CCOCC5)cc34)CC2)CC1. The number of rotatable bonds is 6. The number of morpholine rings is 1. The molecule has 4 N–H and O–H groups in total. The third kappa shape index (κ3) is 7.06. The minimum absolute atomic E-state index is 0.0932. The van der Waals surface area contributed by atoms with Gasteiger partial charge in [-0.2, -0.15) is 13.2 Å². The quantitative estimate of drug-likeness (QED) is 0.292. The van der Waals surface area contributed by atoms with Gasteiger partial charge in [0.1, 0.15) is 5.82 Å². The highest BCUT2D eigenvalue weighted by Crippen LogP contribution is 2.36. The fourth-order valence-electron chi connectivity index (χ4n) is 6.79. The van der Waals surface area contributed by atoms with Crippen LogP contribution >= 0.6 is 0 Å². The van der Waals surface area contributed by atoms with Crippen molar-refractivity contribution in [2.75, 3.05) is 69.2 Å². The molecule has 0 saturated carbocycles. The number of H-pyrrole nitrogens is 1. The van der Waals surface area contributed by atoms with Gasteiger partial charge in [0.15, 0.2) is 0 Å². The second kappa shape index (κ2) is 12.8. The number of piperidine rings is 2. The van der Waals surface area contributed by atoms with Gasteiger partial charge in [-0.1, -0.05) is 0 Å². The molecule has 6 rings (SSSR count). The van der Waals surface area contributed by atoms with Gasteiger partial charge in [0.25, 0.3) is 0 Å². The molecule has 1 aromatic heterocycles. The Morgan fingerprint density at radius 2 is 1.76 bits per heavy atom. The third-order valence-electron chi connectivity index (χ3n) is 9.55. The van der Waals surface area contributed by atoms with E-state index in [2.05, 4.69) is 44.5 Å². The van der Waals surface area contributed by atoms with Gasteiger partial charge in [-0.15, -0.1) is 0 Å². The number of aromatic nitrogens is 1. The van der Waals surface area contributed by atoms with E-state index in [1.807, 2.05) is 0 Å². The molecule has 9 nitrogen and oxygen atoms in total. The Labute approximate surface area is 258 Å². The largest absolute Gasteiger partial charge is 0.416 e. The lowest BCUT2D eigenvalue weighted by Gasteiger charge is -2.43. The van der Waals surface area contributed by atoms with Gasteiger partial charge in [0.05, 0.1) is 30.5 Å². The van der Waals surface area contributed by atoms with Crippen LogP contribution in [0.3, 0.4) is 0 Å².